The molecule has 0 aliphatic carbocycles. The van der Waals surface area contributed by atoms with Gasteiger partial charge in [0.25, 0.3) is 0 Å². The summed E-state index contributed by atoms with van der Waals surface area (Å²) in [5.41, 5.74) is 1.68. The molecular formula is C23H28FN3O4. The third-order valence-corrected chi connectivity index (χ3v) is 5.25. The summed E-state index contributed by atoms with van der Waals surface area (Å²) >= 11 is 0. The number of hydrogen-bond acceptors (Lipinski definition) is 5. The topological polar surface area (TPSA) is 80.8 Å². The summed E-state index contributed by atoms with van der Waals surface area (Å²) in [5, 5.41) is 2.86. The molecule has 1 saturated heterocycles. The second-order valence-electron chi connectivity index (χ2n) is 7.60. The monoisotopic (exact) mass is 429 g/mol. The Morgan fingerprint density at radius 3 is 2.58 bits per heavy atom. The van der Waals surface area contributed by atoms with E-state index in [4.69, 9.17) is 9.47 Å². The molecule has 7 nitrogen and oxygen atoms in total. The van der Waals surface area contributed by atoms with Crippen molar-refractivity contribution in [3.8, 4) is 0 Å². The molecule has 0 saturated carbocycles. The standard InChI is InChI=1S/C23H28FN3O4/c24-21-5-3-19(4-6-21)15-30-17-22(28)26-11-7-18-8-12-27(13-9-18)23(29)31-16-20-2-1-10-25-14-20/h1-6,10,14,18H,7-9,11-13,15-17H2,(H,26,28). The molecule has 0 unspecified atom stereocenters. The number of carbonyl (C=O) groups is 2. The maximum absolute atomic E-state index is 12.9. The van der Waals surface area contributed by atoms with Crippen molar-refractivity contribution in [1.29, 1.82) is 0 Å². The molecule has 0 bridgehead atoms. The number of nitrogens with one attached hydrogen (secondary N) is 1. The van der Waals surface area contributed by atoms with E-state index in [1.165, 1.54) is 12.1 Å². The summed E-state index contributed by atoms with van der Waals surface area (Å²) in [6.45, 7) is 2.36. The number of rotatable bonds is 9. The number of carbonyl (C=O) groups excluding carboxylic acids is 2. The number of ether oxygens (including phenoxy) is 2. The highest BCUT2D eigenvalue weighted by molar-refractivity contribution is 5.77. The molecule has 1 fully saturated rings. The van der Waals surface area contributed by atoms with Crippen LogP contribution in [0.2, 0.25) is 0 Å². The molecule has 0 atom stereocenters. The van der Waals surface area contributed by atoms with E-state index in [1.54, 1.807) is 29.4 Å². The number of pyridine rings is 1. The number of likely N-dealkylation sites (tertiary alicyclic amines) is 1. The Kier molecular flexibility index (Phi) is 8.78. The summed E-state index contributed by atoms with van der Waals surface area (Å²) < 4.78 is 23.6. The molecule has 2 amide bonds. The predicted molar refractivity (Wildman–Crippen MR) is 112 cm³/mol. The van der Waals surface area contributed by atoms with Gasteiger partial charge in [-0.3, -0.25) is 9.78 Å². The van der Waals surface area contributed by atoms with Crippen molar-refractivity contribution in [3.05, 3.63) is 65.7 Å². The molecule has 1 aromatic heterocycles. The first-order chi connectivity index (χ1) is 15.1. The highest BCUT2D eigenvalue weighted by Crippen LogP contribution is 2.20. The normalized spacial score (nSPS) is 14.3. The van der Waals surface area contributed by atoms with Gasteiger partial charge in [-0.2, -0.15) is 0 Å². The van der Waals surface area contributed by atoms with E-state index in [1.807, 2.05) is 12.1 Å². The SMILES string of the molecule is O=C(COCc1ccc(F)cc1)NCCC1CCN(C(=O)OCc2cccnc2)CC1. The molecule has 3 rings (SSSR count). The lowest BCUT2D eigenvalue weighted by atomic mass is 9.94. The largest absolute Gasteiger partial charge is 0.444 e. The smallest absolute Gasteiger partial charge is 0.410 e. The molecule has 0 radical (unpaired) electrons. The fourth-order valence-corrected chi connectivity index (χ4v) is 3.43. The van der Waals surface area contributed by atoms with Crippen molar-refractivity contribution in [3.63, 3.8) is 0 Å². The molecule has 8 heteroatoms. The quantitative estimate of drug-likeness (QED) is 0.662. The van der Waals surface area contributed by atoms with Crippen LogP contribution in [0.25, 0.3) is 0 Å². The molecule has 2 aromatic rings. The molecule has 1 aromatic carbocycles. The Bertz CT molecular complexity index is 824. The van der Waals surface area contributed by atoms with Crippen LogP contribution in [0.5, 0.6) is 0 Å². The van der Waals surface area contributed by atoms with E-state index in [9.17, 15) is 14.0 Å². The number of halogens is 1. The van der Waals surface area contributed by atoms with Crippen molar-refractivity contribution in [2.24, 2.45) is 5.92 Å². The van der Waals surface area contributed by atoms with Crippen LogP contribution in [0.1, 0.15) is 30.4 Å². The van der Waals surface area contributed by atoms with Gasteiger partial charge in [0.05, 0.1) is 6.61 Å². The number of amides is 2. The van der Waals surface area contributed by atoms with E-state index in [2.05, 4.69) is 10.3 Å². The molecule has 31 heavy (non-hydrogen) atoms. The summed E-state index contributed by atoms with van der Waals surface area (Å²) in [6.07, 6.45) is 5.70. The Labute approximate surface area is 181 Å². The Morgan fingerprint density at radius 1 is 1.10 bits per heavy atom. The first-order valence-electron chi connectivity index (χ1n) is 10.5. The zero-order valence-electron chi connectivity index (χ0n) is 17.5. The minimum absolute atomic E-state index is 0.0292. The fraction of sp³-hybridized carbons (Fsp3) is 0.435. The maximum atomic E-state index is 12.9. The van der Waals surface area contributed by atoms with Crippen LogP contribution in [0.3, 0.4) is 0 Å². The number of benzene rings is 1. The third kappa shape index (κ3) is 7.97. The van der Waals surface area contributed by atoms with E-state index in [0.717, 1.165) is 30.4 Å². The lowest BCUT2D eigenvalue weighted by Crippen LogP contribution is -2.39. The second-order valence-corrected chi connectivity index (χ2v) is 7.60. The van der Waals surface area contributed by atoms with Gasteiger partial charge in [0.2, 0.25) is 5.91 Å². The van der Waals surface area contributed by atoms with Crippen LogP contribution >= 0.6 is 0 Å². The maximum Gasteiger partial charge on any atom is 0.410 e. The zero-order valence-corrected chi connectivity index (χ0v) is 17.5. The van der Waals surface area contributed by atoms with Gasteiger partial charge in [0.1, 0.15) is 19.0 Å². The lowest BCUT2D eigenvalue weighted by Gasteiger charge is -2.31. The van der Waals surface area contributed by atoms with Crippen LogP contribution in [0.4, 0.5) is 9.18 Å². The molecule has 1 aliphatic heterocycles. The van der Waals surface area contributed by atoms with Crippen LogP contribution in [0, 0.1) is 11.7 Å². The van der Waals surface area contributed by atoms with Gasteiger partial charge in [0, 0.05) is 37.6 Å². The molecule has 2 heterocycles. The van der Waals surface area contributed by atoms with Crippen LogP contribution < -0.4 is 5.32 Å². The van der Waals surface area contributed by atoms with E-state index < -0.39 is 0 Å². The van der Waals surface area contributed by atoms with E-state index in [-0.39, 0.29) is 37.6 Å². The Hall–Kier alpha value is -3.00. The highest BCUT2D eigenvalue weighted by atomic mass is 19.1. The zero-order chi connectivity index (χ0) is 21.9. The number of hydrogen-bond donors (Lipinski definition) is 1. The average Bonchev–Trinajstić information content (AvgIpc) is 2.80. The molecule has 166 valence electrons. The number of nitrogens with zero attached hydrogens (tertiary/aromatic N) is 2. The van der Waals surface area contributed by atoms with Crippen molar-refractivity contribution in [1.82, 2.24) is 15.2 Å². The van der Waals surface area contributed by atoms with Crippen molar-refractivity contribution in [2.45, 2.75) is 32.5 Å². The van der Waals surface area contributed by atoms with Crippen LogP contribution in [0.15, 0.2) is 48.8 Å². The fourth-order valence-electron chi connectivity index (χ4n) is 3.43. The first kappa shape index (κ1) is 22.7. The first-order valence-corrected chi connectivity index (χ1v) is 10.5. The summed E-state index contributed by atoms with van der Waals surface area (Å²) in [6, 6.07) is 9.68. The average molecular weight is 429 g/mol. The van der Waals surface area contributed by atoms with Crippen LogP contribution in [-0.2, 0) is 27.5 Å². The molecular weight excluding hydrogens is 401 g/mol. The van der Waals surface area contributed by atoms with Crippen molar-refractivity contribution < 1.29 is 23.5 Å². The highest BCUT2D eigenvalue weighted by Gasteiger charge is 2.23. The van der Waals surface area contributed by atoms with Crippen molar-refractivity contribution in [2.75, 3.05) is 26.2 Å². The molecule has 1 N–H and O–H groups in total. The summed E-state index contributed by atoms with van der Waals surface area (Å²) in [5.74, 6) is -0.00436. The minimum atomic E-state index is -0.297. The summed E-state index contributed by atoms with van der Waals surface area (Å²) in [4.78, 5) is 29.8. The van der Waals surface area contributed by atoms with Gasteiger partial charge in [-0.25, -0.2) is 9.18 Å². The van der Waals surface area contributed by atoms with Gasteiger partial charge >= 0.3 is 6.09 Å². The third-order valence-electron chi connectivity index (χ3n) is 5.25. The van der Waals surface area contributed by atoms with Crippen molar-refractivity contribution >= 4 is 12.0 Å². The van der Waals surface area contributed by atoms with Gasteiger partial charge in [0.15, 0.2) is 0 Å². The Morgan fingerprint density at radius 2 is 1.87 bits per heavy atom. The lowest BCUT2D eigenvalue weighted by molar-refractivity contribution is -0.126. The minimum Gasteiger partial charge on any atom is -0.444 e. The molecule has 1 aliphatic rings. The van der Waals surface area contributed by atoms with Gasteiger partial charge in [-0.05, 0) is 48.9 Å². The predicted octanol–water partition coefficient (Wildman–Crippen LogP) is 3.29. The second kappa shape index (κ2) is 12.0. The van der Waals surface area contributed by atoms with E-state index >= 15 is 0 Å². The number of piperidine rings is 1. The molecule has 0 spiro atoms. The van der Waals surface area contributed by atoms with Gasteiger partial charge in [-0.15, -0.1) is 0 Å². The van der Waals surface area contributed by atoms with Gasteiger partial charge < -0.3 is 19.7 Å². The van der Waals surface area contributed by atoms with Gasteiger partial charge in [-0.1, -0.05) is 18.2 Å². The van der Waals surface area contributed by atoms with Crippen LogP contribution in [-0.4, -0.2) is 48.1 Å². The Balaban J connectivity index is 1.24. The van der Waals surface area contributed by atoms with E-state index in [0.29, 0.717) is 25.6 Å². The summed E-state index contributed by atoms with van der Waals surface area (Å²) in [7, 11) is 0. The number of aromatic nitrogens is 1.